The highest BCUT2D eigenvalue weighted by molar-refractivity contribution is 7.89. The minimum atomic E-state index is -3.65. The Balaban J connectivity index is 1.54. The molecule has 3 heterocycles. The zero-order valence-electron chi connectivity index (χ0n) is 15.3. The summed E-state index contributed by atoms with van der Waals surface area (Å²) >= 11 is 0. The number of pyridine rings is 1. The maximum Gasteiger partial charge on any atom is 0.251 e. The summed E-state index contributed by atoms with van der Waals surface area (Å²) in [6.07, 6.45) is 2.96. The Morgan fingerprint density at radius 1 is 1.19 bits per heavy atom. The maximum absolute atomic E-state index is 13.2. The van der Waals surface area contributed by atoms with Crippen molar-refractivity contribution in [1.29, 1.82) is 0 Å². The number of hydrogen-bond acceptors (Lipinski definition) is 5. The molecule has 1 aromatic carbocycles. The summed E-state index contributed by atoms with van der Waals surface area (Å²) in [5, 5.41) is 0.635. The molecule has 0 N–H and O–H groups in total. The van der Waals surface area contributed by atoms with Gasteiger partial charge >= 0.3 is 0 Å². The SMILES string of the molecule is Cc1ccc(S(=O)(=O)N2CCN(C(=O)[C@H]3CCCO3)CC2)c2cccnc12. The van der Waals surface area contributed by atoms with Crippen LogP contribution in [0.3, 0.4) is 0 Å². The second-order valence-corrected chi connectivity index (χ2v) is 8.92. The summed E-state index contributed by atoms with van der Waals surface area (Å²) in [7, 11) is -3.65. The Kier molecular flexibility index (Phi) is 4.88. The minimum Gasteiger partial charge on any atom is -0.368 e. The molecule has 0 bridgehead atoms. The Morgan fingerprint density at radius 3 is 2.67 bits per heavy atom. The summed E-state index contributed by atoms with van der Waals surface area (Å²) in [5.74, 6) is -0.0190. The molecule has 1 atom stereocenters. The number of aromatic nitrogens is 1. The van der Waals surface area contributed by atoms with Crippen molar-refractivity contribution in [2.45, 2.75) is 30.8 Å². The number of carbonyl (C=O) groups is 1. The molecule has 27 heavy (non-hydrogen) atoms. The molecule has 2 aliphatic rings. The molecule has 4 rings (SSSR count). The molecule has 7 nitrogen and oxygen atoms in total. The van der Waals surface area contributed by atoms with Gasteiger partial charge in [0.1, 0.15) is 6.10 Å². The number of benzene rings is 1. The van der Waals surface area contributed by atoms with E-state index in [0.29, 0.717) is 30.6 Å². The average Bonchev–Trinajstić information content (AvgIpc) is 3.22. The smallest absolute Gasteiger partial charge is 0.251 e. The van der Waals surface area contributed by atoms with Gasteiger partial charge in [0.25, 0.3) is 5.91 Å². The van der Waals surface area contributed by atoms with Crippen molar-refractivity contribution < 1.29 is 17.9 Å². The number of carbonyl (C=O) groups excluding carboxylic acids is 1. The highest BCUT2D eigenvalue weighted by Gasteiger charge is 2.34. The van der Waals surface area contributed by atoms with Crippen LogP contribution in [0.4, 0.5) is 0 Å². The van der Waals surface area contributed by atoms with Gasteiger partial charge in [-0.15, -0.1) is 0 Å². The minimum absolute atomic E-state index is 0.0190. The maximum atomic E-state index is 13.2. The van der Waals surface area contributed by atoms with Gasteiger partial charge in [-0.1, -0.05) is 6.07 Å². The zero-order chi connectivity index (χ0) is 19.0. The van der Waals surface area contributed by atoms with Crippen LogP contribution in [-0.4, -0.2) is 67.4 Å². The quantitative estimate of drug-likeness (QED) is 0.796. The van der Waals surface area contributed by atoms with Crippen molar-refractivity contribution in [3.05, 3.63) is 36.0 Å². The molecule has 0 spiro atoms. The van der Waals surface area contributed by atoms with Crippen LogP contribution >= 0.6 is 0 Å². The van der Waals surface area contributed by atoms with Crippen LogP contribution in [0.5, 0.6) is 0 Å². The van der Waals surface area contributed by atoms with Gasteiger partial charge in [-0.25, -0.2) is 8.42 Å². The molecule has 0 saturated carbocycles. The third-order valence-corrected chi connectivity index (χ3v) is 7.26. The lowest BCUT2D eigenvalue weighted by molar-refractivity contribution is -0.142. The van der Waals surface area contributed by atoms with Crippen LogP contribution in [0.15, 0.2) is 35.4 Å². The molecule has 2 aliphatic heterocycles. The predicted molar refractivity (Wildman–Crippen MR) is 101 cm³/mol. The Morgan fingerprint density at radius 2 is 1.96 bits per heavy atom. The molecule has 1 aromatic heterocycles. The highest BCUT2D eigenvalue weighted by Crippen LogP contribution is 2.27. The van der Waals surface area contributed by atoms with E-state index in [0.717, 1.165) is 18.4 Å². The van der Waals surface area contributed by atoms with Crippen molar-refractivity contribution in [2.24, 2.45) is 0 Å². The van der Waals surface area contributed by atoms with Crippen LogP contribution < -0.4 is 0 Å². The van der Waals surface area contributed by atoms with Crippen molar-refractivity contribution in [3.8, 4) is 0 Å². The van der Waals surface area contributed by atoms with E-state index in [2.05, 4.69) is 4.98 Å². The van der Waals surface area contributed by atoms with Crippen molar-refractivity contribution in [3.63, 3.8) is 0 Å². The summed E-state index contributed by atoms with van der Waals surface area (Å²) in [4.78, 5) is 18.8. The second-order valence-electron chi connectivity index (χ2n) is 7.01. The molecular formula is C19H23N3O4S. The standard InChI is InChI=1S/C19H23N3O4S/c1-14-6-7-17(15-4-2-8-20-18(14)15)27(24,25)22-11-9-21(10-12-22)19(23)16-5-3-13-26-16/h2,4,6-8,16H,3,5,9-13H2,1H3/t16-/m1/s1. The van der Waals surface area contributed by atoms with E-state index in [9.17, 15) is 13.2 Å². The predicted octanol–water partition coefficient (Wildman–Crippen LogP) is 1.56. The first-order valence-electron chi connectivity index (χ1n) is 9.23. The summed E-state index contributed by atoms with van der Waals surface area (Å²) < 4.78 is 33.4. The van der Waals surface area contributed by atoms with E-state index in [1.165, 1.54) is 4.31 Å². The Hall–Kier alpha value is -2.03. The highest BCUT2D eigenvalue weighted by atomic mass is 32.2. The van der Waals surface area contributed by atoms with Gasteiger partial charge in [0.2, 0.25) is 10.0 Å². The summed E-state index contributed by atoms with van der Waals surface area (Å²) in [6, 6.07) is 6.98. The molecule has 0 unspecified atom stereocenters. The van der Waals surface area contributed by atoms with Crippen molar-refractivity contribution in [1.82, 2.24) is 14.2 Å². The third-order valence-electron chi connectivity index (χ3n) is 5.30. The second kappa shape index (κ2) is 7.18. The van der Waals surface area contributed by atoms with Crippen molar-refractivity contribution >= 4 is 26.8 Å². The lowest BCUT2D eigenvalue weighted by atomic mass is 10.1. The van der Waals surface area contributed by atoms with E-state index in [-0.39, 0.29) is 30.0 Å². The number of piperazine rings is 1. The first kappa shape index (κ1) is 18.3. The van der Waals surface area contributed by atoms with Crippen LogP contribution in [0, 0.1) is 6.92 Å². The first-order chi connectivity index (χ1) is 13.0. The zero-order valence-corrected chi connectivity index (χ0v) is 16.1. The topological polar surface area (TPSA) is 79.8 Å². The van der Waals surface area contributed by atoms with Gasteiger partial charge in [0, 0.05) is 44.4 Å². The molecule has 0 radical (unpaired) electrons. The fourth-order valence-electron chi connectivity index (χ4n) is 3.78. The Labute approximate surface area is 159 Å². The number of nitrogens with zero attached hydrogens (tertiary/aromatic N) is 3. The third kappa shape index (κ3) is 3.33. The van der Waals surface area contributed by atoms with Gasteiger partial charge in [-0.2, -0.15) is 4.31 Å². The molecular weight excluding hydrogens is 366 g/mol. The summed E-state index contributed by atoms with van der Waals surface area (Å²) in [5.41, 5.74) is 1.64. The van der Waals surface area contributed by atoms with Gasteiger partial charge in [-0.3, -0.25) is 9.78 Å². The van der Waals surface area contributed by atoms with E-state index < -0.39 is 10.0 Å². The first-order valence-corrected chi connectivity index (χ1v) is 10.7. The molecule has 2 saturated heterocycles. The van der Waals surface area contributed by atoms with Crippen LogP contribution in [0.1, 0.15) is 18.4 Å². The number of ether oxygens (including phenoxy) is 1. The number of aryl methyl sites for hydroxylation is 1. The number of sulfonamides is 1. The fraction of sp³-hybridized carbons (Fsp3) is 0.474. The monoisotopic (exact) mass is 389 g/mol. The number of hydrogen-bond donors (Lipinski definition) is 0. The number of amides is 1. The number of fused-ring (bicyclic) bond motifs is 1. The van der Waals surface area contributed by atoms with Crippen LogP contribution in [0.25, 0.3) is 10.9 Å². The fourth-order valence-corrected chi connectivity index (χ4v) is 5.38. The number of rotatable bonds is 3. The molecule has 2 fully saturated rings. The van der Waals surface area contributed by atoms with Gasteiger partial charge in [0.15, 0.2) is 0 Å². The van der Waals surface area contributed by atoms with E-state index in [1.54, 1.807) is 35.4 Å². The van der Waals surface area contributed by atoms with E-state index in [1.807, 2.05) is 6.92 Å². The molecule has 1 amide bonds. The van der Waals surface area contributed by atoms with Gasteiger partial charge in [-0.05, 0) is 43.5 Å². The lowest BCUT2D eigenvalue weighted by Gasteiger charge is -2.35. The van der Waals surface area contributed by atoms with E-state index in [4.69, 9.17) is 4.74 Å². The molecule has 2 aromatic rings. The normalized spacial score (nSPS) is 21.7. The van der Waals surface area contributed by atoms with Gasteiger partial charge < -0.3 is 9.64 Å². The van der Waals surface area contributed by atoms with Crippen LogP contribution in [-0.2, 0) is 19.6 Å². The van der Waals surface area contributed by atoms with Gasteiger partial charge in [0.05, 0.1) is 10.4 Å². The molecule has 0 aliphatic carbocycles. The average molecular weight is 389 g/mol. The molecule has 144 valence electrons. The van der Waals surface area contributed by atoms with Crippen molar-refractivity contribution in [2.75, 3.05) is 32.8 Å². The van der Waals surface area contributed by atoms with Crippen LogP contribution in [0.2, 0.25) is 0 Å². The summed E-state index contributed by atoms with van der Waals surface area (Å²) in [6.45, 7) is 3.90. The van der Waals surface area contributed by atoms with E-state index >= 15 is 0 Å². The lowest BCUT2D eigenvalue weighted by Crippen LogP contribution is -2.52. The molecule has 8 heteroatoms. The largest absolute Gasteiger partial charge is 0.368 e. The Bertz CT molecular complexity index is 962.